The van der Waals surface area contributed by atoms with Crippen LogP contribution in [0.25, 0.3) is 10.1 Å². The van der Waals surface area contributed by atoms with E-state index in [0.29, 0.717) is 23.7 Å². The number of imidazole rings is 1. The molecule has 1 amide bonds. The van der Waals surface area contributed by atoms with Crippen molar-refractivity contribution in [3.63, 3.8) is 0 Å². The van der Waals surface area contributed by atoms with E-state index in [9.17, 15) is 4.79 Å². The van der Waals surface area contributed by atoms with Crippen LogP contribution in [-0.4, -0.2) is 31.9 Å². The Morgan fingerprint density at radius 3 is 3.10 bits per heavy atom. The molecule has 0 saturated heterocycles. The Morgan fingerprint density at radius 1 is 1.33 bits per heavy atom. The third-order valence-electron chi connectivity index (χ3n) is 3.76. The Balaban J connectivity index is 1.69. The fourth-order valence-electron chi connectivity index (χ4n) is 2.62. The zero-order valence-corrected chi connectivity index (χ0v) is 12.0. The lowest BCUT2D eigenvalue weighted by atomic mass is 10.2. The van der Waals surface area contributed by atoms with E-state index in [-0.39, 0.29) is 5.91 Å². The van der Waals surface area contributed by atoms with Crippen LogP contribution in [0.4, 0.5) is 5.69 Å². The largest absolute Gasteiger partial charge is 0.397 e. The number of carbonyl (C=O) groups is 1. The van der Waals surface area contributed by atoms with Crippen LogP contribution in [0, 0.1) is 0 Å². The van der Waals surface area contributed by atoms with Gasteiger partial charge in [-0.05, 0) is 6.07 Å². The molecule has 2 N–H and O–H groups in total. The summed E-state index contributed by atoms with van der Waals surface area (Å²) >= 11 is 1.40. The monoisotopic (exact) mass is 299 g/mol. The van der Waals surface area contributed by atoms with Crippen LogP contribution in [0.15, 0.2) is 30.9 Å². The van der Waals surface area contributed by atoms with Gasteiger partial charge in [-0.1, -0.05) is 0 Å². The van der Waals surface area contributed by atoms with Crippen molar-refractivity contribution in [2.45, 2.75) is 13.1 Å². The molecule has 7 heteroatoms. The predicted octanol–water partition coefficient (Wildman–Crippen LogP) is 1.73. The van der Waals surface area contributed by atoms with Gasteiger partial charge >= 0.3 is 0 Å². The van der Waals surface area contributed by atoms with Crippen molar-refractivity contribution in [1.82, 2.24) is 19.4 Å². The van der Waals surface area contributed by atoms with E-state index in [4.69, 9.17) is 5.73 Å². The zero-order valence-electron chi connectivity index (χ0n) is 11.2. The van der Waals surface area contributed by atoms with Crippen LogP contribution in [0.5, 0.6) is 0 Å². The lowest BCUT2D eigenvalue weighted by molar-refractivity contribution is 0.0713. The average molecular weight is 299 g/mol. The summed E-state index contributed by atoms with van der Waals surface area (Å²) in [5.41, 5.74) is 6.69. The van der Waals surface area contributed by atoms with Crippen molar-refractivity contribution < 1.29 is 4.79 Å². The summed E-state index contributed by atoms with van der Waals surface area (Å²) in [6.45, 7) is 1.97. The van der Waals surface area contributed by atoms with Crippen LogP contribution in [-0.2, 0) is 13.1 Å². The maximum Gasteiger partial charge on any atom is 0.266 e. The molecule has 3 aromatic heterocycles. The lowest BCUT2D eigenvalue weighted by Crippen LogP contribution is -2.38. The molecule has 106 valence electrons. The Bertz CT molecular complexity index is 837. The fraction of sp³-hybridized carbons (Fsp3) is 0.214. The van der Waals surface area contributed by atoms with Crippen LogP contribution in [0.3, 0.4) is 0 Å². The maximum absolute atomic E-state index is 12.7. The zero-order chi connectivity index (χ0) is 14.4. The molecule has 21 heavy (non-hydrogen) atoms. The molecule has 6 nitrogen and oxygen atoms in total. The Kier molecular flexibility index (Phi) is 2.68. The Morgan fingerprint density at radius 2 is 2.24 bits per heavy atom. The Hall–Kier alpha value is -2.41. The summed E-state index contributed by atoms with van der Waals surface area (Å²) in [7, 11) is 0. The molecule has 4 rings (SSSR count). The molecule has 0 aromatic carbocycles. The van der Waals surface area contributed by atoms with E-state index in [1.165, 1.54) is 11.3 Å². The van der Waals surface area contributed by atoms with E-state index in [2.05, 4.69) is 14.5 Å². The van der Waals surface area contributed by atoms with Gasteiger partial charge in [-0.15, -0.1) is 11.3 Å². The van der Waals surface area contributed by atoms with Crippen LogP contribution >= 0.6 is 11.3 Å². The second kappa shape index (κ2) is 4.56. The Labute approximate surface area is 124 Å². The summed E-state index contributed by atoms with van der Waals surface area (Å²) in [5, 5.41) is 0.900. The van der Waals surface area contributed by atoms with Crippen LogP contribution < -0.4 is 5.73 Å². The van der Waals surface area contributed by atoms with Gasteiger partial charge in [0.2, 0.25) is 0 Å². The number of nitrogens with two attached hydrogens (primary N) is 1. The topological polar surface area (TPSA) is 77.0 Å². The van der Waals surface area contributed by atoms with Gasteiger partial charge in [0.1, 0.15) is 10.7 Å². The highest BCUT2D eigenvalue weighted by atomic mass is 32.1. The molecule has 0 fully saturated rings. The second-order valence-electron chi connectivity index (χ2n) is 4.98. The van der Waals surface area contributed by atoms with Gasteiger partial charge in [0, 0.05) is 43.3 Å². The SMILES string of the molecule is Nc1c(C(=O)N2CCn3ccnc3C2)sc2cnccc12. The van der Waals surface area contributed by atoms with E-state index < -0.39 is 0 Å². The van der Waals surface area contributed by atoms with E-state index in [1.807, 2.05) is 12.3 Å². The fourth-order valence-corrected chi connectivity index (χ4v) is 3.68. The molecule has 0 aliphatic carbocycles. The molecule has 0 saturated carbocycles. The normalized spacial score (nSPS) is 14.4. The van der Waals surface area contributed by atoms with E-state index in [1.54, 1.807) is 23.5 Å². The molecule has 0 radical (unpaired) electrons. The molecule has 0 unspecified atom stereocenters. The van der Waals surface area contributed by atoms with Crippen LogP contribution in [0.2, 0.25) is 0 Å². The number of nitrogen functional groups attached to an aromatic ring is 1. The van der Waals surface area contributed by atoms with E-state index in [0.717, 1.165) is 22.5 Å². The number of amides is 1. The number of anilines is 1. The molecule has 1 aliphatic heterocycles. The van der Waals surface area contributed by atoms with Gasteiger partial charge in [0.15, 0.2) is 0 Å². The molecule has 3 aromatic rings. The number of hydrogen-bond acceptors (Lipinski definition) is 5. The van der Waals surface area contributed by atoms with Crippen molar-refractivity contribution in [3.8, 4) is 0 Å². The summed E-state index contributed by atoms with van der Waals surface area (Å²) < 4.78 is 3.01. The highest BCUT2D eigenvalue weighted by Crippen LogP contribution is 2.34. The van der Waals surface area contributed by atoms with Gasteiger partial charge in [0.25, 0.3) is 5.91 Å². The minimum atomic E-state index is -0.0250. The molecule has 0 atom stereocenters. The maximum atomic E-state index is 12.7. The number of pyridine rings is 1. The molecular weight excluding hydrogens is 286 g/mol. The minimum absolute atomic E-state index is 0.0250. The van der Waals surface area contributed by atoms with Crippen molar-refractivity contribution in [3.05, 3.63) is 41.6 Å². The first-order valence-electron chi connectivity index (χ1n) is 6.65. The average Bonchev–Trinajstić information content (AvgIpc) is 3.11. The number of carbonyl (C=O) groups excluding carboxylic acids is 1. The molecule has 0 bridgehead atoms. The van der Waals surface area contributed by atoms with Crippen LogP contribution in [0.1, 0.15) is 15.5 Å². The van der Waals surface area contributed by atoms with Gasteiger partial charge in [-0.25, -0.2) is 4.98 Å². The third kappa shape index (κ3) is 1.89. The number of thiophene rings is 1. The number of nitrogens with zero attached hydrogens (tertiary/aromatic N) is 4. The van der Waals surface area contributed by atoms with Gasteiger partial charge < -0.3 is 15.2 Å². The van der Waals surface area contributed by atoms with Crippen molar-refractivity contribution in [1.29, 1.82) is 0 Å². The summed E-state index contributed by atoms with van der Waals surface area (Å²) in [6, 6.07) is 1.85. The third-order valence-corrected chi connectivity index (χ3v) is 4.90. The summed E-state index contributed by atoms with van der Waals surface area (Å²) in [6.07, 6.45) is 7.15. The molecule has 1 aliphatic rings. The molecule has 4 heterocycles. The highest BCUT2D eigenvalue weighted by Gasteiger charge is 2.25. The smallest absolute Gasteiger partial charge is 0.266 e. The summed E-state index contributed by atoms with van der Waals surface area (Å²) in [4.78, 5) is 23.5. The second-order valence-corrected chi connectivity index (χ2v) is 6.03. The molecular formula is C14H13N5OS. The quantitative estimate of drug-likeness (QED) is 0.742. The van der Waals surface area contributed by atoms with Crippen molar-refractivity contribution in [2.24, 2.45) is 0 Å². The summed E-state index contributed by atoms with van der Waals surface area (Å²) in [5.74, 6) is 0.888. The number of aromatic nitrogens is 3. The van der Waals surface area contributed by atoms with Gasteiger partial charge in [0.05, 0.1) is 16.9 Å². The van der Waals surface area contributed by atoms with E-state index >= 15 is 0 Å². The lowest BCUT2D eigenvalue weighted by Gasteiger charge is -2.27. The first kappa shape index (κ1) is 12.3. The number of hydrogen-bond donors (Lipinski definition) is 1. The molecule has 0 spiro atoms. The standard InChI is InChI=1S/C14H13N5OS/c15-12-9-1-2-16-7-10(9)21-13(12)14(20)19-6-5-18-4-3-17-11(18)8-19/h1-4,7H,5-6,8,15H2. The van der Waals surface area contributed by atoms with Gasteiger partial charge in [-0.2, -0.15) is 0 Å². The van der Waals surface area contributed by atoms with Crippen molar-refractivity contribution >= 4 is 33.0 Å². The highest BCUT2D eigenvalue weighted by molar-refractivity contribution is 7.21. The first-order valence-corrected chi connectivity index (χ1v) is 7.47. The number of rotatable bonds is 1. The van der Waals surface area contributed by atoms with Gasteiger partial charge in [-0.3, -0.25) is 9.78 Å². The first-order chi connectivity index (χ1) is 10.2. The predicted molar refractivity (Wildman–Crippen MR) is 81.0 cm³/mol. The van der Waals surface area contributed by atoms with Crippen molar-refractivity contribution in [2.75, 3.05) is 12.3 Å². The minimum Gasteiger partial charge on any atom is -0.397 e. The number of fused-ring (bicyclic) bond motifs is 2.